The summed E-state index contributed by atoms with van der Waals surface area (Å²) in [4.78, 5) is 23.1. The molecule has 2 aliphatic heterocycles. The average Bonchev–Trinajstić information content (AvgIpc) is 3.00. The molecule has 3 rings (SSSR count). The summed E-state index contributed by atoms with van der Waals surface area (Å²) in [5.74, 6) is 1.13. The SMILES string of the molecule is CCN1CCN(C(=O)c2ccc(N(C)C3CCS(=O)(=O)C3)nc2)CC1. The van der Waals surface area contributed by atoms with E-state index in [1.165, 1.54) is 0 Å². The molecule has 2 fully saturated rings. The fourth-order valence-electron chi connectivity index (χ4n) is 3.44. The number of sulfone groups is 1. The van der Waals surface area contributed by atoms with Crippen molar-refractivity contribution in [2.24, 2.45) is 0 Å². The topological polar surface area (TPSA) is 73.8 Å². The molecular weight excluding hydrogens is 340 g/mol. The predicted octanol–water partition coefficient (Wildman–Crippen LogP) is 0.483. The van der Waals surface area contributed by atoms with E-state index in [0.29, 0.717) is 17.8 Å². The number of pyridine rings is 1. The third-order valence-electron chi connectivity index (χ3n) is 5.22. The first-order valence-electron chi connectivity index (χ1n) is 8.80. The van der Waals surface area contributed by atoms with Crippen molar-refractivity contribution in [2.45, 2.75) is 19.4 Å². The lowest BCUT2D eigenvalue weighted by atomic mass is 10.2. The largest absolute Gasteiger partial charge is 0.356 e. The quantitative estimate of drug-likeness (QED) is 0.772. The van der Waals surface area contributed by atoms with Crippen LogP contribution in [0.3, 0.4) is 0 Å². The lowest BCUT2D eigenvalue weighted by Gasteiger charge is -2.34. The monoisotopic (exact) mass is 366 g/mol. The molecule has 1 unspecified atom stereocenters. The fraction of sp³-hybridized carbons (Fsp3) is 0.647. The van der Waals surface area contributed by atoms with Crippen LogP contribution < -0.4 is 4.90 Å². The molecule has 0 spiro atoms. The smallest absolute Gasteiger partial charge is 0.255 e. The lowest BCUT2D eigenvalue weighted by Crippen LogP contribution is -2.48. The van der Waals surface area contributed by atoms with Gasteiger partial charge in [-0.25, -0.2) is 13.4 Å². The summed E-state index contributed by atoms with van der Waals surface area (Å²) in [6.07, 6.45) is 2.23. The maximum atomic E-state index is 12.6. The van der Waals surface area contributed by atoms with E-state index in [9.17, 15) is 13.2 Å². The number of amides is 1. The zero-order valence-electron chi connectivity index (χ0n) is 14.9. The summed E-state index contributed by atoms with van der Waals surface area (Å²) in [5.41, 5.74) is 0.584. The van der Waals surface area contributed by atoms with Crippen LogP contribution in [-0.4, -0.2) is 86.4 Å². The molecule has 1 aromatic heterocycles. The second kappa shape index (κ2) is 7.29. The molecule has 1 atom stereocenters. The summed E-state index contributed by atoms with van der Waals surface area (Å²) in [6, 6.07) is 3.55. The number of rotatable bonds is 4. The van der Waals surface area contributed by atoms with Crippen molar-refractivity contribution in [1.82, 2.24) is 14.8 Å². The van der Waals surface area contributed by atoms with Crippen molar-refractivity contribution in [2.75, 3.05) is 56.2 Å². The van der Waals surface area contributed by atoms with Gasteiger partial charge in [0.05, 0.1) is 17.1 Å². The van der Waals surface area contributed by atoms with Gasteiger partial charge in [-0.15, -0.1) is 0 Å². The minimum Gasteiger partial charge on any atom is -0.356 e. The van der Waals surface area contributed by atoms with E-state index >= 15 is 0 Å². The Balaban J connectivity index is 1.63. The Morgan fingerprint density at radius 3 is 2.52 bits per heavy atom. The molecule has 138 valence electrons. The highest BCUT2D eigenvalue weighted by Gasteiger charge is 2.31. The van der Waals surface area contributed by atoms with Gasteiger partial charge in [-0.2, -0.15) is 0 Å². The number of carbonyl (C=O) groups excluding carboxylic acids is 1. The van der Waals surface area contributed by atoms with Gasteiger partial charge in [-0.3, -0.25) is 4.79 Å². The standard InChI is InChI=1S/C17H26N4O3S/c1-3-20-7-9-21(10-8-20)17(22)14-4-5-16(18-12-14)19(2)15-6-11-25(23,24)13-15/h4-5,12,15H,3,6-11,13H2,1-2H3. The molecule has 0 saturated carbocycles. The normalized spacial score (nSPS) is 23.6. The molecule has 0 N–H and O–H groups in total. The van der Waals surface area contributed by atoms with E-state index in [0.717, 1.165) is 32.7 Å². The number of nitrogens with zero attached hydrogens (tertiary/aromatic N) is 4. The van der Waals surface area contributed by atoms with Crippen LogP contribution in [0.5, 0.6) is 0 Å². The Bertz CT molecular complexity index is 712. The van der Waals surface area contributed by atoms with Gasteiger partial charge in [-0.1, -0.05) is 6.92 Å². The summed E-state index contributed by atoms with van der Waals surface area (Å²) < 4.78 is 23.3. The molecule has 0 aromatic carbocycles. The van der Waals surface area contributed by atoms with Crippen LogP contribution in [0.4, 0.5) is 5.82 Å². The number of hydrogen-bond acceptors (Lipinski definition) is 6. The summed E-state index contributed by atoms with van der Waals surface area (Å²) in [5, 5.41) is 0. The molecule has 3 heterocycles. The Kier molecular flexibility index (Phi) is 5.29. The molecular formula is C17H26N4O3S. The van der Waals surface area contributed by atoms with E-state index < -0.39 is 9.84 Å². The van der Waals surface area contributed by atoms with Crippen molar-refractivity contribution in [1.29, 1.82) is 0 Å². The molecule has 8 heteroatoms. The maximum Gasteiger partial charge on any atom is 0.255 e. The van der Waals surface area contributed by atoms with Gasteiger partial charge >= 0.3 is 0 Å². The Morgan fingerprint density at radius 2 is 2.00 bits per heavy atom. The maximum absolute atomic E-state index is 12.6. The van der Waals surface area contributed by atoms with Gasteiger partial charge in [-0.05, 0) is 25.1 Å². The highest BCUT2D eigenvalue weighted by Crippen LogP contribution is 2.21. The number of piperazine rings is 1. The summed E-state index contributed by atoms with van der Waals surface area (Å²) >= 11 is 0. The number of anilines is 1. The predicted molar refractivity (Wildman–Crippen MR) is 97.7 cm³/mol. The van der Waals surface area contributed by atoms with Gasteiger partial charge in [0, 0.05) is 45.5 Å². The zero-order valence-corrected chi connectivity index (χ0v) is 15.7. The van der Waals surface area contributed by atoms with Crippen LogP contribution in [-0.2, 0) is 9.84 Å². The number of likely N-dealkylation sites (N-methyl/N-ethyl adjacent to an activating group) is 1. The first-order valence-corrected chi connectivity index (χ1v) is 10.6. The third-order valence-corrected chi connectivity index (χ3v) is 6.97. The van der Waals surface area contributed by atoms with Gasteiger partial charge in [0.2, 0.25) is 0 Å². The van der Waals surface area contributed by atoms with Crippen LogP contribution in [0.2, 0.25) is 0 Å². The molecule has 1 aromatic rings. The summed E-state index contributed by atoms with van der Waals surface area (Å²) in [7, 11) is -1.07. The van der Waals surface area contributed by atoms with E-state index in [2.05, 4.69) is 16.8 Å². The lowest BCUT2D eigenvalue weighted by molar-refractivity contribution is 0.0643. The minimum absolute atomic E-state index is 0.0147. The highest BCUT2D eigenvalue weighted by molar-refractivity contribution is 7.91. The molecule has 1 amide bonds. The van der Waals surface area contributed by atoms with Crippen molar-refractivity contribution in [3.05, 3.63) is 23.9 Å². The van der Waals surface area contributed by atoms with Crippen molar-refractivity contribution in [3.8, 4) is 0 Å². The van der Waals surface area contributed by atoms with E-state index in [1.54, 1.807) is 18.3 Å². The Morgan fingerprint density at radius 1 is 1.28 bits per heavy atom. The number of carbonyl (C=O) groups is 1. The number of aromatic nitrogens is 1. The van der Waals surface area contributed by atoms with Crippen LogP contribution in [0.25, 0.3) is 0 Å². The van der Waals surface area contributed by atoms with Crippen LogP contribution in [0.15, 0.2) is 18.3 Å². The van der Waals surface area contributed by atoms with Crippen LogP contribution in [0.1, 0.15) is 23.7 Å². The molecule has 0 bridgehead atoms. The van der Waals surface area contributed by atoms with Crippen LogP contribution >= 0.6 is 0 Å². The van der Waals surface area contributed by atoms with Gasteiger partial charge in [0.15, 0.2) is 9.84 Å². The van der Waals surface area contributed by atoms with E-state index in [4.69, 9.17) is 0 Å². The van der Waals surface area contributed by atoms with E-state index in [-0.39, 0.29) is 23.5 Å². The molecule has 2 saturated heterocycles. The Labute approximate surface area is 149 Å². The molecule has 7 nitrogen and oxygen atoms in total. The minimum atomic E-state index is -2.93. The van der Waals surface area contributed by atoms with Crippen molar-refractivity contribution >= 4 is 21.6 Å². The summed E-state index contributed by atoms with van der Waals surface area (Å²) in [6.45, 7) is 6.45. The van der Waals surface area contributed by atoms with Gasteiger partial charge < -0.3 is 14.7 Å². The third kappa shape index (κ3) is 4.12. The average molecular weight is 366 g/mol. The molecule has 0 radical (unpaired) electrons. The molecule has 2 aliphatic rings. The number of hydrogen-bond donors (Lipinski definition) is 0. The Hall–Kier alpha value is -1.67. The zero-order chi connectivity index (χ0) is 18.0. The molecule has 0 aliphatic carbocycles. The van der Waals surface area contributed by atoms with E-state index in [1.807, 2.05) is 16.8 Å². The highest BCUT2D eigenvalue weighted by atomic mass is 32.2. The first-order chi connectivity index (χ1) is 11.9. The van der Waals surface area contributed by atoms with Crippen molar-refractivity contribution < 1.29 is 13.2 Å². The first kappa shape index (κ1) is 18.1. The molecule has 25 heavy (non-hydrogen) atoms. The van der Waals surface area contributed by atoms with Crippen LogP contribution in [0, 0.1) is 0 Å². The van der Waals surface area contributed by atoms with Gasteiger partial charge in [0.25, 0.3) is 5.91 Å². The fourth-order valence-corrected chi connectivity index (χ4v) is 5.21. The second-order valence-corrected chi connectivity index (χ2v) is 9.03. The van der Waals surface area contributed by atoms with Gasteiger partial charge in [0.1, 0.15) is 5.82 Å². The second-order valence-electron chi connectivity index (χ2n) is 6.80. The van der Waals surface area contributed by atoms with Crippen molar-refractivity contribution in [3.63, 3.8) is 0 Å².